The summed E-state index contributed by atoms with van der Waals surface area (Å²) in [6, 6.07) is 3.85. The number of hydrogen-bond acceptors (Lipinski definition) is 7. The van der Waals surface area contributed by atoms with Gasteiger partial charge in [0.05, 0.1) is 20.3 Å². The summed E-state index contributed by atoms with van der Waals surface area (Å²) in [5, 5.41) is 14.5. The van der Waals surface area contributed by atoms with Gasteiger partial charge >= 0.3 is 17.8 Å². The second-order valence-electron chi connectivity index (χ2n) is 5.39. The van der Waals surface area contributed by atoms with Crippen molar-refractivity contribution >= 4 is 23.5 Å². The minimum Gasteiger partial charge on any atom is -0.507 e. The monoisotopic (exact) mass is 351 g/mol. The van der Waals surface area contributed by atoms with E-state index in [0.717, 1.165) is 13.1 Å². The fraction of sp³-hybridized carbons (Fsp3) is 0.438. The molecule has 0 radical (unpaired) electrons. The largest absolute Gasteiger partial charge is 0.507 e. The van der Waals surface area contributed by atoms with Crippen molar-refractivity contribution < 1.29 is 29.0 Å². The van der Waals surface area contributed by atoms with Crippen molar-refractivity contribution in [3.63, 3.8) is 0 Å². The Morgan fingerprint density at radius 2 is 1.96 bits per heavy atom. The molecule has 1 heterocycles. The van der Waals surface area contributed by atoms with Gasteiger partial charge in [-0.05, 0) is 18.2 Å². The Balaban J connectivity index is 1.84. The fourth-order valence-corrected chi connectivity index (χ4v) is 2.31. The van der Waals surface area contributed by atoms with Gasteiger partial charge in [0.2, 0.25) is 0 Å². The van der Waals surface area contributed by atoms with Gasteiger partial charge in [-0.2, -0.15) is 0 Å². The molecule has 1 aromatic carbocycles. The van der Waals surface area contributed by atoms with Crippen LogP contribution >= 0.6 is 0 Å². The average Bonchev–Trinajstić information content (AvgIpc) is 2.63. The number of rotatable bonds is 5. The molecule has 2 rings (SSSR count). The van der Waals surface area contributed by atoms with Crippen molar-refractivity contribution in [2.75, 3.05) is 51.8 Å². The molecule has 0 aromatic heterocycles. The summed E-state index contributed by atoms with van der Waals surface area (Å²) in [5.74, 6) is -2.66. The summed E-state index contributed by atoms with van der Waals surface area (Å²) in [6.45, 7) is 3.90. The third-order valence-corrected chi connectivity index (χ3v) is 3.68. The Hall–Kier alpha value is -2.65. The number of esters is 1. The Bertz CT molecular complexity index is 643. The zero-order valence-electron chi connectivity index (χ0n) is 13.9. The number of benzene rings is 1. The molecule has 136 valence electrons. The number of carbonyl (C=O) groups excluding carboxylic acids is 3. The number of morpholine rings is 1. The van der Waals surface area contributed by atoms with Crippen molar-refractivity contribution in [3.8, 4) is 5.75 Å². The van der Waals surface area contributed by atoms with E-state index in [1.807, 2.05) is 0 Å². The molecule has 1 aliphatic rings. The van der Waals surface area contributed by atoms with Gasteiger partial charge in [-0.1, -0.05) is 0 Å². The lowest BCUT2D eigenvalue weighted by Gasteiger charge is -2.26. The van der Waals surface area contributed by atoms with Crippen molar-refractivity contribution in [1.29, 1.82) is 0 Å². The molecule has 3 N–H and O–H groups in total. The van der Waals surface area contributed by atoms with Gasteiger partial charge < -0.3 is 25.2 Å². The van der Waals surface area contributed by atoms with E-state index in [1.54, 1.807) is 0 Å². The summed E-state index contributed by atoms with van der Waals surface area (Å²) >= 11 is 0. The van der Waals surface area contributed by atoms with E-state index in [-0.39, 0.29) is 17.0 Å². The van der Waals surface area contributed by atoms with E-state index in [0.29, 0.717) is 26.3 Å². The highest BCUT2D eigenvalue weighted by Gasteiger charge is 2.17. The van der Waals surface area contributed by atoms with Gasteiger partial charge in [0, 0.05) is 31.9 Å². The number of amides is 2. The molecule has 1 saturated heterocycles. The van der Waals surface area contributed by atoms with Crippen LogP contribution in [0.3, 0.4) is 0 Å². The number of nitrogens with zero attached hydrogens (tertiary/aromatic N) is 1. The number of carbonyl (C=O) groups is 3. The number of methoxy groups -OCH3 is 1. The van der Waals surface area contributed by atoms with E-state index in [2.05, 4.69) is 20.3 Å². The molecule has 25 heavy (non-hydrogen) atoms. The predicted molar refractivity (Wildman–Crippen MR) is 88.3 cm³/mol. The first-order valence-electron chi connectivity index (χ1n) is 7.82. The quantitative estimate of drug-likeness (QED) is 0.374. The highest BCUT2D eigenvalue weighted by atomic mass is 16.5. The Labute approximate surface area is 144 Å². The van der Waals surface area contributed by atoms with E-state index in [4.69, 9.17) is 4.74 Å². The summed E-state index contributed by atoms with van der Waals surface area (Å²) in [7, 11) is 1.18. The smallest absolute Gasteiger partial charge is 0.341 e. The first-order chi connectivity index (χ1) is 12.0. The molecular formula is C16H21N3O6. The molecule has 0 unspecified atom stereocenters. The summed E-state index contributed by atoms with van der Waals surface area (Å²) in [5.41, 5.74) is 0.0968. The minimum atomic E-state index is -0.858. The van der Waals surface area contributed by atoms with E-state index in [1.165, 1.54) is 25.3 Å². The fourth-order valence-electron chi connectivity index (χ4n) is 2.31. The van der Waals surface area contributed by atoms with Gasteiger partial charge in [-0.15, -0.1) is 0 Å². The molecule has 1 aliphatic heterocycles. The molecule has 0 bridgehead atoms. The number of phenolic OH excluding ortho intramolecular Hbond substituents is 1. The number of aromatic hydroxyl groups is 1. The van der Waals surface area contributed by atoms with E-state index < -0.39 is 17.8 Å². The van der Waals surface area contributed by atoms with Crippen LogP contribution in [-0.4, -0.2) is 74.3 Å². The first kappa shape index (κ1) is 18.7. The van der Waals surface area contributed by atoms with E-state index in [9.17, 15) is 19.5 Å². The molecule has 0 atom stereocenters. The predicted octanol–water partition coefficient (Wildman–Crippen LogP) is -0.434. The molecular weight excluding hydrogens is 330 g/mol. The second-order valence-corrected chi connectivity index (χ2v) is 5.39. The van der Waals surface area contributed by atoms with Crippen LogP contribution in [0.5, 0.6) is 5.75 Å². The molecule has 9 nitrogen and oxygen atoms in total. The highest BCUT2D eigenvalue weighted by Crippen LogP contribution is 2.22. The zero-order valence-corrected chi connectivity index (χ0v) is 13.9. The minimum absolute atomic E-state index is 0.104. The van der Waals surface area contributed by atoms with Gasteiger partial charge in [0.1, 0.15) is 11.3 Å². The summed E-state index contributed by atoms with van der Waals surface area (Å²) in [6.07, 6.45) is 0. The van der Waals surface area contributed by atoms with Crippen LogP contribution in [0.25, 0.3) is 0 Å². The molecule has 9 heteroatoms. The lowest BCUT2D eigenvalue weighted by atomic mass is 10.1. The van der Waals surface area contributed by atoms with Gasteiger partial charge in [0.25, 0.3) is 0 Å². The van der Waals surface area contributed by atoms with E-state index >= 15 is 0 Å². The molecule has 0 spiro atoms. The molecule has 1 aromatic rings. The molecule has 1 fully saturated rings. The SMILES string of the molecule is COC(=O)c1cc(NC(=O)C(=O)NCCN2CCOCC2)ccc1O. The zero-order chi connectivity index (χ0) is 18.2. The number of phenols is 1. The number of anilines is 1. The summed E-state index contributed by atoms with van der Waals surface area (Å²) in [4.78, 5) is 37.4. The van der Waals surface area contributed by atoms with Crippen LogP contribution in [-0.2, 0) is 19.1 Å². The van der Waals surface area contributed by atoms with Gasteiger partial charge in [-0.3, -0.25) is 14.5 Å². The van der Waals surface area contributed by atoms with Gasteiger partial charge in [-0.25, -0.2) is 4.79 Å². The molecule has 0 saturated carbocycles. The Morgan fingerprint density at radius 1 is 1.24 bits per heavy atom. The third-order valence-electron chi connectivity index (χ3n) is 3.68. The third kappa shape index (κ3) is 5.44. The maximum atomic E-state index is 11.9. The topological polar surface area (TPSA) is 117 Å². The van der Waals surface area contributed by atoms with Crippen molar-refractivity contribution in [1.82, 2.24) is 10.2 Å². The maximum Gasteiger partial charge on any atom is 0.341 e. The number of hydrogen-bond donors (Lipinski definition) is 3. The second kappa shape index (κ2) is 9.00. The average molecular weight is 351 g/mol. The van der Waals surface area contributed by atoms with Crippen LogP contribution in [0.4, 0.5) is 5.69 Å². The maximum absolute atomic E-state index is 11.9. The first-order valence-corrected chi connectivity index (χ1v) is 7.82. The van der Waals surface area contributed by atoms with Crippen LogP contribution < -0.4 is 10.6 Å². The van der Waals surface area contributed by atoms with Crippen LogP contribution in [0.2, 0.25) is 0 Å². The summed E-state index contributed by atoms with van der Waals surface area (Å²) < 4.78 is 9.76. The van der Waals surface area contributed by atoms with Gasteiger partial charge in [0.15, 0.2) is 0 Å². The number of nitrogens with one attached hydrogen (secondary N) is 2. The lowest BCUT2D eigenvalue weighted by Crippen LogP contribution is -2.43. The Morgan fingerprint density at radius 3 is 2.64 bits per heavy atom. The normalized spacial score (nSPS) is 14.6. The molecule has 0 aliphatic carbocycles. The standard InChI is InChI=1S/C16H21N3O6/c1-24-16(23)12-10-11(2-3-13(12)20)18-15(22)14(21)17-4-5-19-6-8-25-9-7-19/h2-3,10,20H,4-9H2,1H3,(H,17,21)(H,18,22). The van der Waals surface area contributed by atoms with Crippen molar-refractivity contribution in [2.45, 2.75) is 0 Å². The molecule has 2 amide bonds. The van der Waals surface area contributed by atoms with Crippen molar-refractivity contribution in [3.05, 3.63) is 23.8 Å². The Kier molecular flexibility index (Phi) is 6.72. The highest BCUT2D eigenvalue weighted by molar-refractivity contribution is 6.39. The van der Waals surface area contributed by atoms with Crippen LogP contribution in [0.1, 0.15) is 10.4 Å². The van der Waals surface area contributed by atoms with Crippen LogP contribution in [0, 0.1) is 0 Å². The van der Waals surface area contributed by atoms with Crippen molar-refractivity contribution in [2.24, 2.45) is 0 Å². The number of ether oxygens (including phenoxy) is 2. The van der Waals surface area contributed by atoms with Crippen LogP contribution in [0.15, 0.2) is 18.2 Å². The lowest BCUT2D eigenvalue weighted by molar-refractivity contribution is -0.136.